The van der Waals surface area contributed by atoms with Crippen LogP contribution in [0.1, 0.15) is 58.3 Å². The van der Waals surface area contributed by atoms with Crippen molar-refractivity contribution in [3.63, 3.8) is 0 Å². The zero-order valence-electron chi connectivity index (χ0n) is 11.0. The Labute approximate surface area is 104 Å². The molecule has 0 amide bonds. The molecule has 17 heavy (non-hydrogen) atoms. The standard InChI is InChI=1S/C14H25NO2/c1-12-7-10-15(11-12)14(13(16)17)8-5-3-2-4-6-9-14/h12H,2-11H2,1H3,(H,16,17). The monoisotopic (exact) mass is 239 g/mol. The van der Waals surface area contributed by atoms with E-state index in [4.69, 9.17) is 0 Å². The summed E-state index contributed by atoms with van der Waals surface area (Å²) in [5.41, 5.74) is -0.537. The van der Waals surface area contributed by atoms with Crippen LogP contribution < -0.4 is 0 Å². The Morgan fingerprint density at radius 3 is 2.24 bits per heavy atom. The SMILES string of the molecule is CC1CCN(C2(C(=O)O)CCCCCCC2)C1. The van der Waals surface area contributed by atoms with Crippen molar-refractivity contribution in [1.29, 1.82) is 0 Å². The van der Waals surface area contributed by atoms with Crippen LogP contribution in [0.4, 0.5) is 0 Å². The smallest absolute Gasteiger partial charge is 0.324 e. The van der Waals surface area contributed by atoms with Gasteiger partial charge in [0.2, 0.25) is 0 Å². The van der Waals surface area contributed by atoms with Gasteiger partial charge in [0.15, 0.2) is 0 Å². The first-order valence-corrected chi connectivity index (χ1v) is 7.13. The molecule has 1 saturated carbocycles. The highest BCUT2D eigenvalue weighted by Crippen LogP contribution is 2.35. The lowest BCUT2D eigenvalue weighted by Gasteiger charge is -2.39. The first-order valence-electron chi connectivity index (χ1n) is 7.13. The van der Waals surface area contributed by atoms with Crippen LogP contribution in [0.2, 0.25) is 0 Å². The zero-order chi connectivity index (χ0) is 12.3. The number of carboxylic acid groups (broad SMARTS) is 1. The molecule has 0 aromatic carbocycles. The van der Waals surface area contributed by atoms with E-state index in [1.807, 2.05) is 0 Å². The van der Waals surface area contributed by atoms with E-state index < -0.39 is 11.5 Å². The molecular formula is C14H25NO2. The highest BCUT2D eigenvalue weighted by Gasteiger charge is 2.45. The summed E-state index contributed by atoms with van der Waals surface area (Å²) in [6, 6.07) is 0. The van der Waals surface area contributed by atoms with Gasteiger partial charge < -0.3 is 5.11 Å². The predicted octanol–water partition coefficient (Wildman–Crippen LogP) is 2.90. The molecule has 1 aliphatic heterocycles. The van der Waals surface area contributed by atoms with Gasteiger partial charge >= 0.3 is 5.97 Å². The summed E-state index contributed by atoms with van der Waals surface area (Å²) in [6.07, 6.45) is 8.73. The lowest BCUT2D eigenvalue weighted by atomic mass is 9.82. The summed E-state index contributed by atoms with van der Waals surface area (Å²) in [4.78, 5) is 14.1. The molecule has 1 N–H and O–H groups in total. The van der Waals surface area contributed by atoms with Crippen molar-refractivity contribution in [2.24, 2.45) is 5.92 Å². The molecule has 1 aliphatic carbocycles. The molecule has 1 heterocycles. The van der Waals surface area contributed by atoms with Crippen molar-refractivity contribution in [2.45, 2.75) is 63.8 Å². The molecule has 0 radical (unpaired) electrons. The Bertz CT molecular complexity index is 269. The van der Waals surface area contributed by atoms with Gasteiger partial charge in [-0.15, -0.1) is 0 Å². The molecule has 98 valence electrons. The average molecular weight is 239 g/mol. The van der Waals surface area contributed by atoms with E-state index in [2.05, 4.69) is 11.8 Å². The summed E-state index contributed by atoms with van der Waals surface area (Å²) in [5, 5.41) is 9.71. The molecule has 1 atom stereocenters. The molecule has 1 saturated heterocycles. The van der Waals surface area contributed by atoms with Crippen molar-refractivity contribution in [3.05, 3.63) is 0 Å². The topological polar surface area (TPSA) is 40.5 Å². The highest BCUT2D eigenvalue weighted by atomic mass is 16.4. The van der Waals surface area contributed by atoms with Gasteiger partial charge in [-0.2, -0.15) is 0 Å². The second-order valence-electron chi connectivity index (χ2n) is 5.94. The van der Waals surface area contributed by atoms with Crippen LogP contribution in [0.5, 0.6) is 0 Å². The average Bonchev–Trinajstić information content (AvgIpc) is 2.65. The molecule has 3 heteroatoms. The third kappa shape index (κ3) is 2.65. The fraction of sp³-hybridized carbons (Fsp3) is 0.929. The molecule has 2 rings (SSSR count). The Morgan fingerprint density at radius 1 is 1.18 bits per heavy atom. The number of rotatable bonds is 2. The number of likely N-dealkylation sites (tertiary alicyclic amines) is 1. The van der Waals surface area contributed by atoms with Gasteiger partial charge in [0.05, 0.1) is 0 Å². The Hall–Kier alpha value is -0.570. The van der Waals surface area contributed by atoms with Crippen molar-refractivity contribution >= 4 is 5.97 Å². The molecule has 0 bridgehead atoms. The third-order valence-corrected chi connectivity index (χ3v) is 4.61. The van der Waals surface area contributed by atoms with E-state index in [-0.39, 0.29) is 0 Å². The van der Waals surface area contributed by atoms with Gasteiger partial charge in [-0.3, -0.25) is 9.69 Å². The van der Waals surface area contributed by atoms with E-state index in [9.17, 15) is 9.90 Å². The second-order valence-corrected chi connectivity index (χ2v) is 5.94. The van der Waals surface area contributed by atoms with Crippen LogP contribution in [0.3, 0.4) is 0 Å². The van der Waals surface area contributed by atoms with Gasteiger partial charge in [0, 0.05) is 6.54 Å². The maximum absolute atomic E-state index is 11.8. The van der Waals surface area contributed by atoms with Gasteiger partial charge in [0.25, 0.3) is 0 Å². The molecule has 0 aromatic rings. The second kappa shape index (κ2) is 5.38. The van der Waals surface area contributed by atoms with Crippen LogP contribution >= 0.6 is 0 Å². The van der Waals surface area contributed by atoms with E-state index in [1.54, 1.807) is 0 Å². The van der Waals surface area contributed by atoms with E-state index in [1.165, 1.54) is 19.3 Å². The van der Waals surface area contributed by atoms with Crippen LogP contribution in [-0.4, -0.2) is 34.6 Å². The predicted molar refractivity (Wildman–Crippen MR) is 68.0 cm³/mol. The molecule has 3 nitrogen and oxygen atoms in total. The first-order chi connectivity index (χ1) is 8.15. The Morgan fingerprint density at radius 2 is 1.76 bits per heavy atom. The lowest BCUT2D eigenvalue weighted by Crippen LogP contribution is -2.54. The summed E-state index contributed by atoms with van der Waals surface area (Å²) >= 11 is 0. The van der Waals surface area contributed by atoms with Crippen molar-refractivity contribution in [2.75, 3.05) is 13.1 Å². The van der Waals surface area contributed by atoms with Gasteiger partial charge in [-0.25, -0.2) is 0 Å². The van der Waals surface area contributed by atoms with Crippen LogP contribution in [0, 0.1) is 5.92 Å². The molecule has 0 spiro atoms. The van der Waals surface area contributed by atoms with Crippen molar-refractivity contribution < 1.29 is 9.90 Å². The number of aliphatic carboxylic acids is 1. The maximum atomic E-state index is 11.8. The molecule has 1 unspecified atom stereocenters. The Kier molecular flexibility index (Phi) is 4.08. The normalized spacial score (nSPS) is 30.8. The molecule has 0 aromatic heterocycles. The number of nitrogens with zero attached hydrogens (tertiary/aromatic N) is 1. The summed E-state index contributed by atoms with van der Waals surface area (Å²) in [5.74, 6) is 0.0881. The summed E-state index contributed by atoms with van der Waals surface area (Å²) in [7, 11) is 0. The molecule has 2 aliphatic rings. The largest absolute Gasteiger partial charge is 0.480 e. The number of hydrogen-bond donors (Lipinski definition) is 1. The number of carboxylic acids is 1. The fourth-order valence-corrected chi connectivity index (χ4v) is 3.48. The lowest BCUT2D eigenvalue weighted by molar-refractivity contribution is -0.152. The fourth-order valence-electron chi connectivity index (χ4n) is 3.48. The summed E-state index contributed by atoms with van der Waals surface area (Å²) in [6.45, 7) is 4.19. The summed E-state index contributed by atoms with van der Waals surface area (Å²) < 4.78 is 0. The zero-order valence-corrected chi connectivity index (χ0v) is 11.0. The minimum absolute atomic E-state index is 0.537. The van der Waals surface area contributed by atoms with Crippen LogP contribution in [0.25, 0.3) is 0 Å². The van der Waals surface area contributed by atoms with Crippen LogP contribution in [-0.2, 0) is 4.79 Å². The number of hydrogen-bond acceptors (Lipinski definition) is 2. The van der Waals surface area contributed by atoms with Gasteiger partial charge in [0.1, 0.15) is 5.54 Å². The van der Waals surface area contributed by atoms with Crippen molar-refractivity contribution in [1.82, 2.24) is 4.90 Å². The van der Waals surface area contributed by atoms with Crippen LogP contribution in [0.15, 0.2) is 0 Å². The molecule has 2 fully saturated rings. The van der Waals surface area contributed by atoms with E-state index in [0.717, 1.165) is 45.2 Å². The maximum Gasteiger partial charge on any atom is 0.324 e. The first kappa shape index (κ1) is 12.9. The highest BCUT2D eigenvalue weighted by molar-refractivity contribution is 5.78. The quantitative estimate of drug-likeness (QED) is 0.805. The third-order valence-electron chi connectivity index (χ3n) is 4.61. The minimum Gasteiger partial charge on any atom is -0.480 e. The number of carbonyl (C=O) groups is 1. The minimum atomic E-state index is -0.575. The van der Waals surface area contributed by atoms with Crippen molar-refractivity contribution in [3.8, 4) is 0 Å². The van der Waals surface area contributed by atoms with Gasteiger partial charge in [-0.1, -0.05) is 39.0 Å². The van der Waals surface area contributed by atoms with Gasteiger partial charge in [-0.05, 0) is 31.7 Å². The van der Waals surface area contributed by atoms with E-state index >= 15 is 0 Å². The van der Waals surface area contributed by atoms with E-state index in [0.29, 0.717) is 5.92 Å². The molecular weight excluding hydrogens is 214 g/mol. The Balaban J connectivity index is 2.14.